The predicted octanol–water partition coefficient (Wildman–Crippen LogP) is 13.2. The van der Waals surface area contributed by atoms with Crippen molar-refractivity contribution in [2.45, 2.75) is 0 Å². The van der Waals surface area contributed by atoms with Crippen LogP contribution in [0.2, 0.25) is 0 Å². The van der Waals surface area contributed by atoms with E-state index in [1.54, 1.807) is 11.3 Å². The minimum Gasteiger partial charge on any atom is -0.456 e. The van der Waals surface area contributed by atoms with Crippen LogP contribution in [0, 0.1) is 0 Å². The maximum absolute atomic E-state index is 9.68. The molecule has 0 fully saturated rings. The minimum atomic E-state index is -0.291. The third kappa shape index (κ3) is 4.54. The van der Waals surface area contributed by atoms with E-state index >= 15 is 0 Å². The Morgan fingerprint density at radius 1 is 0.471 bits per heavy atom. The second kappa shape index (κ2) is 11.2. The molecule has 4 aromatic heterocycles. The lowest BCUT2D eigenvalue weighted by Gasteiger charge is -2.09. The van der Waals surface area contributed by atoms with E-state index in [-0.39, 0.29) is 58.4 Å². The Morgan fingerprint density at radius 2 is 1.24 bits per heavy atom. The molecule has 4 nitrogen and oxygen atoms in total. The van der Waals surface area contributed by atoms with Gasteiger partial charge in [0.05, 0.1) is 8.22 Å². The molecule has 0 aliphatic heterocycles. The van der Waals surface area contributed by atoms with Crippen LogP contribution in [0.5, 0.6) is 0 Å². The summed E-state index contributed by atoms with van der Waals surface area (Å²) in [6, 6.07) is 35.9. The molecule has 0 unspecified atom stereocenters. The number of thiophene rings is 2. The van der Waals surface area contributed by atoms with Crippen molar-refractivity contribution in [2.24, 2.45) is 0 Å². The first-order valence-corrected chi connectivity index (χ1v) is 18.0. The molecule has 0 aliphatic carbocycles. The second-order valence-corrected chi connectivity index (χ2v) is 14.4. The number of rotatable bonds is 4. The molecule has 7 aromatic carbocycles. The van der Waals surface area contributed by atoms with Gasteiger partial charge in [-0.3, -0.25) is 0 Å². The Labute approximate surface area is 308 Å². The highest BCUT2D eigenvalue weighted by Gasteiger charge is 2.18. The number of furan rings is 1. The zero-order valence-corrected chi connectivity index (χ0v) is 28.2. The molecule has 0 N–H and O–H groups in total. The monoisotopic (exact) mass is 693 g/mol. The van der Waals surface area contributed by atoms with Gasteiger partial charge in [-0.1, -0.05) is 115 Å². The lowest BCUT2D eigenvalue weighted by molar-refractivity contribution is 0.669. The van der Waals surface area contributed by atoms with Crippen LogP contribution in [-0.4, -0.2) is 15.0 Å². The quantitative estimate of drug-likeness (QED) is 0.184. The molecule has 11 aromatic rings. The van der Waals surface area contributed by atoms with Crippen LogP contribution in [0.4, 0.5) is 0 Å². The fourth-order valence-electron chi connectivity index (χ4n) is 6.90. The molecule has 0 amide bonds. The van der Waals surface area contributed by atoms with Gasteiger partial charge in [0, 0.05) is 67.8 Å². The van der Waals surface area contributed by atoms with Crippen molar-refractivity contribution in [3.05, 3.63) is 152 Å². The number of aromatic nitrogens is 3. The largest absolute Gasteiger partial charge is 0.456 e. The Kier molecular flexibility index (Phi) is 5.08. The van der Waals surface area contributed by atoms with Crippen LogP contribution in [0.25, 0.3) is 108 Å². The van der Waals surface area contributed by atoms with Gasteiger partial charge in [-0.15, -0.1) is 22.7 Å². The van der Waals surface area contributed by atoms with Crippen molar-refractivity contribution >= 4 is 85.0 Å². The van der Waals surface area contributed by atoms with E-state index in [0.717, 1.165) is 47.7 Å². The Morgan fingerprint density at radius 3 is 2.16 bits per heavy atom. The Bertz CT molecular complexity index is 3510. The molecule has 238 valence electrons. The summed E-state index contributed by atoms with van der Waals surface area (Å²) >= 11 is 2.87. The van der Waals surface area contributed by atoms with Crippen LogP contribution in [-0.2, 0) is 0 Å². The first kappa shape index (κ1) is 23.2. The lowest BCUT2D eigenvalue weighted by atomic mass is 10.0. The molecular weight excluding hydrogens is 663 g/mol. The van der Waals surface area contributed by atoms with Crippen molar-refractivity contribution < 1.29 is 12.6 Å². The van der Waals surface area contributed by atoms with Crippen LogP contribution < -0.4 is 0 Å². The van der Waals surface area contributed by atoms with Gasteiger partial charge in [0.15, 0.2) is 17.5 Å². The molecule has 0 radical (unpaired) electrons. The number of hydrogen-bond acceptors (Lipinski definition) is 6. The zero-order valence-electron chi connectivity index (χ0n) is 32.5. The fraction of sp³-hybridized carbons (Fsp3) is 0. The van der Waals surface area contributed by atoms with E-state index in [1.807, 2.05) is 97.1 Å². The molecule has 0 spiro atoms. The lowest BCUT2D eigenvalue weighted by Crippen LogP contribution is -2.00. The van der Waals surface area contributed by atoms with Crippen molar-refractivity contribution in [2.75, 3.05) is 0 Å². The first-order chi connectivity index (χ1) is 27.8. The standard InChI is InChI=1S/C45H25N3OS2/c1-2-10-26(11-3-1)43-46-44(48-45(47-43)34-16-9-19-39-41(34)33-13-5-7-18-38(33)50-39)28-20-22-31-32-15-8-14-29(42(32)51-40(31)25-28)27-21-23-37-35(24-27)30-12-4-6-17-36(30)49-37/h1-25H/i8D,14D,15D,20D,22D,25D. The van der Waals surface area contributed by atoms with Gasteiger partial charge in [0.25, 0.3) is 0 Å². The Hall–Kier alpha value is -6.21. The summed E-state index contributed by atoms with van der Waals surface area (Å²) in [5, 5.41) is 4.35. The molecule has 4 heterocycles. The summed E-state index contributed by atoms with van der Waals surface area (Å²) in [5.74, 6) is 0.832. The minimum absolute atomic E-state index is 0.0674. The fourth-order valence-corrected chi connectivity index (χ4v) is 9.17. The molecule has 51 heavy (non-hydrogen) atoms. The van der Waals surface area contributed by atoms with E-state index < -0.39 is 0 Å². The topological polar surface area (TPSA) is 51.8 Å². The van der Waals surface area contributed by atoms with Gasteiger partial charge < -0.3 is 4.42 Å². The van der Waals surface area contributed by atoms with E-state index in [9.17, 15) is 4.11 Å². The summed E-state index contributed by atoms with van der Waals surface area (Å²) in [4.78, 5) is 14.8. The second-order valence-electron chi connectivity index (χ2n) is 12.3. The van der Waals surface area contributed by atoms with Gasteiger partial charge >= 0.3 is 0 Å². The molecule has 0 bridgehead atoms. The normalized spacial score (nSPS) is 13.6. The van der Waals surface area contributed by atoms with E-state index in [2.05, 4.69) is 18.2 Å². The van der Waals surface area contributed by atoms with Gasteiger partial charge in [-0.2, -0.15) is 0 Å². The molecule has 0 saturated carbocycles. The van der Waals surface area contributed by atoms with Crippen LogP contribution in [0.1, 0.15) is 8.22 Å². The summed E-state index contributed by atoms with van der Waals surface area (Å²) in [5.41, 5.74) is 4.08. The van der Waals surface area contributed by atoms with Crippen molar-refractivity contribution in [3.63, 3.8) is 0 Å². The van der Waals surface area contributed by atoms with Crippen LogP contribution in [0.3, 0.4) is 0 Å². The average molecular weight is 694 g/mol. The SMILES string of the molecule is [2H]c1c([2H])c([2H])c2c(sc3c([2H])c(-c4nc(-c5ccccc5)nc(-c5cccc6sc7ccccc7c56)n4)c([2H])c([2H])c32)c1-c1ccc2oc3ccccc3c2c1. The van der Waals surface area contributed by atoms with E-state index in [4.69, 9.17) is 23.5 Å². The maximum atomic E-state index is 9.68. The van der Waals surface area contributed by atoms with Crippen molar-refractivity contribution in [1.82, 2.24) is 15.0 Å². The third-order valence-corrected chi connectivity index (χ3v) is 11.5. The van der Waals surface area contributed by atoms with Crippen LogP contribution in [0.15, 0.2) is 156 Å². The highest BCUT2D eigenvalue weighted by atomic mass is 32.1. The van der Waals surface area contributed by atoms with Crippen LogP contribution >= 0.6 is 22.7 Å². The number of benzene rings is 7. The molecule has 0 saturated heterocycles. The van der Waals surface area contributed by atoms with Crippen molar-refractivity contribution in [1.29, 1.82) is 0 Å². The zero-order chi connectivity index (χ0) is 38.7. The highest BCUT2D eigenvalue weighted by molar-refractivity contribution is 7.26. The molecule has 0 atom stereocenters. The van der Waals surface area contributed by atoms with Gasteiger partial charge in [0.2, 0.25) is 0 Å². The predicted molar refractivity (Wildman–Crippen MR) is 215 cm³/mol. The van der Waals surface area contributed by atoms with E-state index in [0.29, 0.717) is 37.8 Å². The van der Waals surface area contributed by atoms with Crippen molar-refractivity contribution in [3.8, 4) is 45.3 Å². The summed E-state index contributed by atoms with van der Waals surface area (Å²) in [7, 11) is 0. The molecule has 0 aliphatic rings. The van der Waals surface area contributed by atoms with E-state index in [1.165, 1.54) is 11.3 Å². The maximum Gasteiger partial charge on any atom is 0.164 e. The third-order valence-electron chi connectivity index (χ3n) is 9.26. The molecule has 11 rings (SSSR count). The van der Waals surface area contributed by atoms with Gasteiger partial charge in [0.1, 0.15) is 11.2 Å². The Balaban J connectivity index is 1.19. The number of hydrogen-bond donors (Lipinski definition) is 0. The summed E-state index contributed by atoms with van der Waals surface area (Å²) in [6.45, 7) is 0. The number of nitrogens with zero attached hydrogens (tertiary/aromatic N) is 3. The number of para-hydroxylation sites is 1. The summed E-state index contributed by atoms with van der Waals surface area (Å²) in [6.07, 6.45) is 0. The summed E-state index contributed by atoms with van der Waals surface area (Å²) < 4.78 is 64.7. The first-order valence-electron chi connectivity index (χ1n) is 19.4. The molecule has 6 heteroatoms. The highest BCUT2D eigenvalue weighted by Crippen LogP contribution is 2.43. The smallest absolute Gasteiger partial charge is 0.164 e. The van der Waals surface area contributed by atoms with Gasteiger partial charge in [-0.25, -0.2) is 15.0 Å². The number of fused-ring (bicyclic) bond motifs is 9. The van der Waals surface area contributed by atoms with Gasteiger partial charge in [-0.05, 0) is 47.5 Å². The molecular formula is C45H25N3OS2. The average Bonchev–Trinajstić information content (AvgIpc) is 3.94.